The van der Waals surface area contributed by atoms with Crippen LogP contribution in [0.15, 0.2) is 97.6 Å². The summed E-state index contributed by atoms with van der Waals surface area (Å²) in [5.74, 6) is 3.48. The Morgan fingerprint density at radius 2 is 0.709 bits per heavy atom. The largest absolute Gasteiger partial charge is 0.391 e. The topological polar surface area (TPSA) is 552 Å². The molecule has 4 aromatic heterocycles. The van der Waals surface area contributed by atoms with Gasteiger partial charge in [0, 0.05) is 135 Å². The van der Waals surface area contributed by atoms with Gasteiger partial charge in [-0.15, -0.1) is 0 Å². The van der Waals surface area contributed by atoms with Crippen LogP contribution in [0.5, 0.6) is 0 Å². The molecule has 7 aromatic rings. The van der Waals surface area contributed by atoms with E-state index in [4.69, 9.17) is 22.9 Å². The van der Waals surface area contributed by atoms with E-state index in [1.54, 1.807) is 17.0 Å². The summed E-state index contributed by atoms with van der Waals surface area (Å²) in [6.07, 6.45) is 21.8. The van der Waals surface area contributed by atoms with Crippen LogP contribution >= 0.6 is 0 Å². The Labute approximate surface area is 680 Å². The molecule has 39 heteroatoms. The third-order valence-corrected chi connectivity index (χ3v) is 21.3. The minimum absolute atomic E-state index is 0.0372. The molecule has 5 heterocycles. The van der Waals surface area contributed by atoms with Crippen LogP contribution in [0, 0.1) is 64.1 Å². The number of aromatic nitrogens is 8. The van der Waals surface area contributed by atoms with E-state index < -0.39 is 25.8 Å². The zero-order valence-electron chi connectivity index (χ0n) is 67.3. The number of nitro groups is 4. The van der Waals surface area contributed by atoms with Crippen molar-refractivity contribution in [3.8, 4) is 0 Å². The van der Waals surface area contributed by atoms with Crippen LogP contribution in [0.1, 0.15) is 139 Å². The lowest BCUT2D eigenvalue weighted by molar-refractivity contribution is -0.384. The number of piperidine rings is 1. The first-order valence-electron chi connectivity index (χ1n) is 40.0. The highest BCUT2D eigenvalue weighted by Crippen LogP contribution is 2.33. The van der Waals surface area contributed by atoms with Crippen molar-refractivity contribution in [2.45, 2.75) is 172 Å². The van der Waals surface area contributed by atoms with Gasteiger partial charge in [-0.05, 0) is 192 Å². The molecule has 0 radical (unpaired) electrons. The number of likely N-dealkylation sites (tertiary alicyclic amines) is 1. The number of hydrogen-bond acceptors (Lipinski definition) is 33. The quantitative estimate of drug-likeness (QED) is 0.0142. The summed E-state index contributed by atoms with van der Waals surface area (Å²) in [7, 11) is 7.98. The molecule has 2 amide bonds. The lowest BCUT2D eigenvalue weighted by atomic mass is 9.86. The van der Waals surface area contributed by atoms with Crippen LogP contribution in [0.2, 0.25) is 0 Å². The number of amides is 2. The molecule has 3 aromatic carbocycles. The Hall–Kier alpha value is -11.7. The highest BCUT2D eigenvalue weighted by atomic mass is 16.6. The molecule has 632 valence electrons. The lowest BCUT2D eigenvalue weighted by Crippen LogP contribution is -2.44. The highest BCUT2D eigenvalue weighted by molar-refractivity contribution is 5.88. The van der Waals surface area contributed by atoms with Crippen molar-refractivity contribution in [1.29, 1.82) is 0 Å². The van der Waals surface area contributed by atoms with E-state index in [9.17, 15) is 55.2 Å². The molecule has 117 heavy (non-hydrogen) atoms. The number of nitrogens with two attached hydrogens (primary N) is 4. The molecule has 39 nitrogen and oxygen atoms in total. The van der Waals surface area contributed by atoms with Gasteiger partial charge in [-0.1, -0.05) is 36.4 Å². The zero-order chi connectivity index (χ0) is 83.9. The number of carbonyl (C=O) groups is 2. The van der Waals surface area contributed by atoms with Gasteiger partial charge < -0.3 is 90.6 Å². The fourth-order valence-electron chi connectivity index (χ4n) is 14.2. The molecular formula is C78H114N28O11. The summed E-state index contributed by atoms with van der Waals surface area (Å²) in [6, 6.07) is 24.7. The van der Waals surface area contributed by atoms with E-state index in [2.05, 4.69) is 87.7 Å². The van der Waals surface area contributed by atoms with Crippen LogP contribution < -0.4 is 80.6 Å². The molecule has 0 unspecified atom stereocenters. The number of benzene rings is 3. The molecular weight excluding hydrogens is 1510 g/mol. The highest BCUT2D eigenvalue weighted by Gasteiger charge is 2.29. The monoisotopic (exact) mass is 1620 g/mol. The zero-order valence-corrected chi connectivity index (χ0v) is 67.3. The summed E-state index contributed by atoms with van der Waals surface area (Å²) in [6.45, 7) is 6.35. The van der Waals surface area contributed by atoms with Gasteiger partial charge in [0.2, 0.25) is 58.9 Å². The van der Waals surface area contributed by atoms with Gasteiger partial charge in [-0.3, -0.25) is 50.0 Å². The number of carbonyl (C=O) groups excluding carboxylic acids is 2. The standard InChI is InChI=1S/C20H27N7O3.2C20H29N7O2.C18H29N7O4/c1-13(28)25-17-8-4-15(5-9-17)11-23-20-24-12-18(27(29)30)19(26-20)22-10-14-2-6-16(21)7-3-14;2*1-26(2)17-9-5-15(6-10-17)12-23-20-24-13-18(27(28)29)19(25-20)22-11-14-3-7-16(21)8-4-14;19-13-5-3-12(4-6-13)8-20-17-15(25(28)29)9-21-18(23-17)22-10-16(27)24-7-1-2-14(26)11-24/h4-5,8-9,12,14,16H,2-3,6-7,10-11,21H2,1H3,(H,25,28)(H2,22,23,24,26);2*5-6,9-10,13-14,16H,3-4,7-8,11-12,21H2,1-2H3,(H2,22,23,24,25);9,12-14,26H,1-8,10-11,19H2,(H2,20,21,22,23)/t;;;12?,13?,14-/m...1/s1. The number of rotatable bonds is 31. The van der Waals surface area contributed by atoms with E-state index in [0.29, 0.717) is 113 Å². The van der Waals surface area contributed by atoms with Gasteiger partial charge in [-0.25, -0.2) is 19.9 Å². The molecule has 4 saturated carbocycles. The number of aliphatic hydroxyl groups is 1. The molecule has 5 fully saturated rings. The SMILES string of the molecule is CC(=O)Nc1ccc(CNc2ncc([N+](=O)[O-])c(NCC3CCC(N)CC3)n2)cc1.CN(C)c1ccc(CNc2ncc([N+](=O)[O-])c(NCC3CCC(N)CC3)n2)cc1.CN(C)c1ccc(CNc2ncc([N+](=O)[O-])c(NCC3CCC(N)CC3)n2)cc1.NC1CCC(CNc2nc(NCC(=O)N3CCC[C@@H](O)C3)ncc2[N+](=O)[O-])CC1. The molecule has 1 atom stereocenters. The molecule has 18 N–H and O–H groups in total. The van der Waals surface area contributed by atoms with Gasteiger partial charge in [0.15, 0.2) is 0 Å². The van der Waals surface area contributed by atoms with E-state index in [1.165, 1.54) is 25.5 Å². The fraction of sp³-hybridized carbons (Fsp3) is 0.538. The van der Waals surface area contributed by atoms with Crippen LogP contribution in [-0.4, -0.2) is 186 Å². The van der Waals surface area contributed by atoms with Gasteiger partial charge in [0.05, 0.1) is 32.3 Å². The van der Waals surface area contributed by atoms with Crippen molar-refractivity contribution in [3.63, 3.8) is 0 Å². The third-order valence-electron chi connectivity index (χ3n) is 21.3. The third kappa shape index (κ3) is 29.5. The number of β-amino-alcohol motifs (C(OH)–C–C–N with tert-alkyl or cyclic N) is 1. The Morgan fingerprint density at radius 1 is 0.427 bits per heavy atom. The molecule has 1 saturated heterocycles. The summed E-state index contributed by atoms with van der Waals surface area (Å²) in [4.78, 5) is 106. The second-order valence-electron chi connectivity index (χ2n) is 30.9. The molecule has 5 aliphatic rings. The summed E-state index contributed by atoms with van der Waals surface area (Å²) < 4.78 is 0. The minimum Gasteiger partial charge on any atom is -0.391 e. The van der Waals surface area contributed by atoms with Gasteiger partial charge in [-0.2, -0.15) is 19.9 Å². The smallest absolute Gasteiger partial charge is 0.329 e. The molecule has 0 bridgehead atoms. The van der Waals surface area contributed by atoms with Crippen molar-refractivity contribution in [1.82, 2.24) is 44.8 Å². The summed E-state index contributed by atoms with van der Waals surface area (Å²) in [5.41, 5.74) is 29.3. The molecule has 4 aliphatic carbocycles. The first-order valence-corrected chi connectivity index (χ1v) is 40.0. The van der Waals surface area contributed by atoms with Crippen molar-refractivity contribution in [2.24, 2.45) is 46.6 Å². The Kier molecular flexibility index (Phi) is 34.3. The van der Waals surface area contributed by atoms with Gasteiger partial charge in [0.25, 0.3) is 0 Å². The summed E-state index contributed by atoms with van der Waals surface area (Å²) in [5, 5.41) is 82.4. The Morgan fingerprint density at radius 3 is 0.974 bits per heavy atom. The van der Waals surface area contributed by atoms with Crippen LogP contribution in [0.3, 0.4) is 0 Å². The van der Waals surface area contributed by atoms with E-state index in [0.717, 1.165) is 143 Å². The first kappa shape index (κ1) is 89.3. The van der Waals surface area contributed by atoms with Crippen LogP contribution in [0.4, 0.5) is 86.9 Å². The fourth-order valence-corrected chi connectivity index (χ4v) is 14.2. The van der Waals surface area contributed by atoms with Crippen molar-refractivity contribution in [3.05, 3.63) is 155 Å². The van der Waals surface area contributed by atoms with Gasteiger partial charge in [0.1, 0.15) is 24.8 Å². The molecule has 12 rings (SSSR count). The van der Waals surface area contributed by atoms with E-state index in [-0.39, 0.29) is 94.5 Å². The molecule has 0 spiro atoms. The number of hydrogen-bond donors (Lipinski definition) is 14. The number of aliphatic hydroxyl groups excluding tert-OH is 1. The predicted molar refractivity (Wildman–Crippen MR) is 453 cm³/mol. The van der Waals surface area contributed by atoms with Crippen molar-refractivity contribution in [2.75, 3.05) is 132 Å². The Bertz CT molecular complexity index is 4190. The van der Waals surface area contributed by atoms with E-state index in [1.807, 2.05) is 98.7 Å². The summed E-state index contributed by atoms with van der Waals surface area (Å²) >= 11 is 0. The first-order chi connectivity index (χ1) is 56.2. The van der Waals surface area contributed by atoms with Crippen LogP contribution in [0.25, 0.3) is 0 Å². The number of nitrogens with zero attached hydrogens (tertiary/aromatic N) is 15. The minimum atomic E-state index is -0.525. The van der Waals surface area contributed by atoms with Crippen LogP contribution in [-0.2, 0) is 29.2 Å². The average Bonchev–Trinajstić information content (AvgIpc) is 0.849. The normalized spacial score (nSPS) is 20.2. The van der Waals surface area contributed by atoms with E-state index >= 15 is 0 Å². The number of anilines is 11. The number of nitrogens with one attached hydrogen (secondary N) is 9. The predicted octanol–water partition coefficient (Wildman–Crippen LogP) is 9.58. The second kappa shape index (κ2) is 45.0. The maximum Gasteiger partial charge on any atom is 0.329 e. The Balaban J connectivity index is 0.000000178. The van der Waals surface area contributed by atoms with Crippen molar-refractivity contribution >= 4 is 98.7 Å². The van der Waals surface area contributed by atoms with Gasteiger partial charge >= 0.3 is 22.7 Å². The average molecular weight is 1620 g/mol. The maximum atomic E-state index is 12.3. The van der Waals surface area contributed by atoms with Crippen molar-refractivity contribution < 1.29 is 34.4 Å². The second-order valence-corrected chi connectivity index (χ2v) is 30.9. The lowest BCUT2D eigenvalue weighted by Gasteiger charge is -2.30. The maximum absolute atomic E-state index is 12.3. The molecule has 1 aliphatic heterocycles.